The summed E-state index contributed by atoms with van der Waals surface area (Å²) in [6.45, 7) is 1.06. The number of para-hydroxylation sites is 1. The Morgan fingerprint density at radius 2 is 1.55 bits per heavy atom. The molecule has 0 spiro atoms. The third-order valence-electron chi connectivity index (χ3n) is 6.54. The van der Waals surface area contributed by atoms with Crippen molar-refractivity contribution in [1.82, 2.24) is 4.90 Å². The number of rotatable bonds is 10. The van der Waals surface area contributed by atoms with Crippen molar-refractivity contribution in [3.63, 3.8) is 0 Å². The first-order chi connectivity index (χ1) is 19.3. The zero-order valence-corrected chi connectivity index (χ0v) is 24.3. The number of anilines is 1. The summed E-state index contributed by atoms with van der Waals surface area (Å²) in [6.07, 6.45) is -1.13. The van der Waals surface area contributed by atoms with Gasteiger partial charge in [-0.25, -0.2) is 4.79 Å². The third kappa shape index (κ3) is 6.13. The molecule has 1 amide bonds. The lowest BCUT2D eigenvalue weighted by atomic mass is 10.0. The van der Waals surface area contributed by atoms with Crippen LogP contribution < -0.4 is 23.8 Å². The van der Waals surface area contributed by atoms with Crippen molar-refractivity contribution in [2.45, 2.75) is 16.2 Å². The molecule has 0 saturated heterocycles. The number of thioether (sulfide) groups is 1. The van der Waals surface area contributed by atoms with Gasteiger partial charge < -0.3 is 33.5 Å². The first kappa shape index (κ1) is 29.1. The molecule has 3 aromatic carbocycles. The Kier molecular flexibility index (Phi) is 9.44. The predicted octanol–water partition coefficient (Wildman–Crippen LogP) is 4.69. The summed E-state index contributed by atoms with van der Waals surface area (Å²) in [5.74, 6) is 0.664. The second-order valence-corrected chi connectivity index (χ2v) is 10.5. The van der Waals surface area contributed by atoms with Gasteiger partial charge in [-0.1, -0.05) is 24.3 Å². The molecule has 0 aromatic heterocycles. The van der Waals surface area contributed by atoms with E-state index in [1.54, 1.807) is 12.0 Å². The maximum atomic E-state index is 14.3. The molecule has 0 aliphatic carbocycles. The van der Waals surface area contributed by atoms with Crippen molar-refractivity contribution in [1.29, 1.82) is 0 Å². The van der Waals surface area contributed by atoms with Crippen LogP contribution in [0.2, 0.25) is 0 Å². The van der Waals surface area contributed by atoms with E-state index >= 15 is 0 Å². The molecule has 0 unspecified atom stereocenters. The van der Waals surface area contributed by atoms with E-state index in [0.29, 0.717) is 36.1 Å². The molecule has 212 valence electrons. The van der Waals surface area contributed by atoms with E-state index in [9.17, 15) is 9.59 Å². The van der Waals surface area contributed by atoms with Crippen molar-refractivity contribution < 1.29 is 33.3 Å². The maximum absolute atomic E-state index is 14.3. The average Bonchev–Trinajstić information content (AvgIpc) is 3.09. The Bertz CT molecular complexity index is 1320. The van der Waals surface area contributed by atoms with Gasteiger partial charge in [0.15, 0.2) is 17.6 Å². The molecule has 9 nitrogen and oxygen atoms in total. The second kappa shape index (κ2) is 13.0. The zero-order valence-electron chi connectivity index (χ0n) is 23.5. The molecular weight excluding hydrogens is 532 g/mol. The Morgan fingerprint density at radius 3 is 2.12 bits per heavy atom. The second-order valence-electron chi connectivity index (χ2n) is 9.31. The fourth-order valence-electron chi connectivity index (χ4n) is 4.44. The van der Waals surface area contributed by atoms with Crippen LogP contribution in [0, 0.1) is 0 Å². The summed E-state index contributed by atoms with van der Waals surface area (Å²) in [5, 5.41) is -0.519. The summed E-state index contributed by atoms with van der Waals surface area (Å²) >= 11 is 1.49. The van der Waals surface area contributed by atoms with Gasteiger partial charge in [-0.05, 0) is 56.1 Å². The number of carbonyl (C=O) groups is 2. The van der Waals surface area contributed by atoms with Gasteiger partial charge in [0.25, 0.3) is 5.91 Å². The van der Waals surface area contributed by atoms with Gasteiger partial charge in [0.05, 0.1) is 44.9 Å². The van der Waals surface area contributed by atoms with Gasteiger partial charge in [0.1, 0.15) is 5.75 Å². The fraction of sp³-hybridized carbons (Fsp3) is 0.333. The number of methoxy groups -OCH3 is 4. The number of nitrogens with zero attached hydrogens (tertiary/aromatic N) is 2. The van der Waals surface area contributed by atoms with Crippen molar-refractivity contribution in [3.05, 3.63) is 71.8 Å². The average molecular weight is 567 g/mol. The zero-order chi connectivity index (χ0) is 28.8. The van der Waals surface area contributed by atoms with Crippen LogP contribution >= 0.6 is 11.8 Å². The highest BCUT2D eigenvalue weighted by Gasteiger charge is 2.41. The Morgan fingerprint density at radius 1 is 0.900 bits per heavy atom. The number of esters is 1. The standard InChI is InChI=1S/C30H34N2O7S/c1-31(2)15-16-32-22-9-7-8-10-25(22)40-28(19-11-13-21(35-3)14-12-19)27(29(32)33)39-30(34)20-17-23(36-4)26(38-6)24(18-20)37-5/h7-14,17-18,27-28H,15-16H2,1-6H3/t27-,28+/m1/s1. The largest absolute Gasteiger partial charge is 0.497 e. The van der Waals surface area contributed by atoms with E-state index in [1.165, 1.54) is 45.2 Å². The van der Waals surface area contributed by atoms with Gasteiger partial charge in [-0.3, -0.25) is 4.79 Å². The normalized spacial score (nSPS) is 16.7. The molecule has 1 heterocycles. The minimum atomic E-state index is -1.13. The van der Waals surface area contributed by atoms with Crippen molar-refractivity contribution in [2.75, 3.05) is 60.5 Å². The number of carbonyl (C=O) groups excluding carboxylic acids is 2. The van der Waals surface area contributed by atoms with Crippen LogP contribution in [0.25, 0.3) is 0 Å². The molecule has 3 aromatic rings. The summed E-state index contributed by atoms with van der Waals surface area (Å²) in [4.78, 5) is 32.5. The number of hydrogen-bond donors (Lipinski definition) is 0. The van der Waals surface area contributed by atoms with E-state index < -0.39 is 17.3 Å². The summed E-state index contributed by atoms with van der Waals surface area (Å²) in [6, 6.07) is 18.2. The molecule has 0 saturated carbocycles. The summed E-state index contributed by atoms with van der Waals surface area (Å²) in [7, 11) is 9.92. The summed E-state index contributed by atoms with van der Waals surface area (Å²) < 4.78 is 27.6. The molecule has 10 heteroatoms. The van der Waals surface area contributed by atoms with Gasteiger partial charge in [-0.15, -0.1) is 11.8 Å². The molecule has 1 aliphatic heterocycles. The van der Waals surface area contributed by atoms with Gasteiger partial charge in [0.2, 0.25) is 5.75 Å². The van der Waals surface area contributed by atoms with E-state index in [-0.39, 0.29) is 11.5 Å². The minimum Gasteiger partial charge on any atom is -0.497 e. The van der Waals surface area contributed by atoms with E-state index in [2.05, 4.69) is 0 Å². The lowest BCUT2D eigenvalue weighted by Crippen LogP contribution is -2.45. The molecule has 0 radical (unpaired) electrons. The molecule has 2 atom stereocenters. The number of benzene rings is 3. The number of ether oxygens (including phenoxy) is 5. The highest BCUT2D eigenvalue weighted by atomic mass is 32.2. The van der Waals surface area contributed by atoms with Crippen LogP contribution in [0.4, 0.5) is 5.69 Å². The molecule has 0 bridgehead atoms. The predicted molar refractivity (Wildman–Crippen MR) is 154 cm³/mol. The van der Waals surface area contributed by atoms with Crippen LogP contribution in [0.15, 0.2) is 65.6 Å². The van der Waals surface area contributed by atoms with Crippen molar-refractivity contribution in [2.24, 2.45) is 0 Å². The summed E-state index contributed by atoms with van der Waals surface area (Å²) in [5.41, 5.74) is 1.78. The molecular formula is C30H34N2O7S. The van der Waals surface area contributed by atoms with E-state index in [1.807, 2.05) is 67.5 Å². The molecule has 1 aliphatic rings. The van der Waals surface area contributed by atoms with Crippen LogP contribution in [0.5, 0.6) is 23.0 Å². The maximum Gasteiger partial charge on any atom is 0.339 e. The lowest BCUT2D eigenvalue weighted by molar-refractivity contribution is -0.127. The van der Waals surface area contributed by atoms with Gasteiger partial charge >= 0.3 is 5.97 Å². The van der Waals surface area contributed by atoms with Crippen LogP contribution in [0.3, 0.4) is 0 Å². The van der Waals surface area contributed by atoms with E-state index in [4.69, 9.17) is 23.7 Å². The Balaban J connectivity index is 1.79. The number of hydrogen-bond acceptors (Lipinski definition) is 9. The van der Waals surface area contributed by atoms with Gasteiger partial charge in [0, 0.05) is 18.0 Å². The third-order valence-corrected chi connectivity index (χ3v) is 7.92. The molecule has 0 fully saturated rings. The molecule has 40 heavy (non-hydrogen) atoms. The first-order valence-electron chi connectivity index (χ1n) is 12.7. The monoisotopic (exact) mass is 566 g/mol. The number of likely N-dealkylation sites (N-methyl/N-ethyl adjacent to an activating group) is 1. The Labute approximate surface area is 238 Å². The Hall–Kier alpha value is -3.89. The molecule has 0 N–H and O–H groups in total. The highest BCUT2D eigenvalue weighted by Crippen LogP contribution is 2.47. The van der Waals surface area contributed by atoms with Crippen LogP contribution in [0.1, 0.15) is 21.2 Å². The number of amides is 1. The fourth-order valence-corrected chi connectivity index (χ4v) is 5.76. The SMILES string of the molecule is COc1ccc([C@@H]2Sc3ccccc3N(CCN(C)C)C(=O)[C@@H]2OC(=O)c2cc(OC)c(OC)c(OC)c2)cc1. The smallest absolute Gasteiger partial charge is 0.339 e. The quantitative estimate of drug-likeness (QED) is 0.325. The topological polar surface area (TPSA) is 86.8 Å². The highest BCUT2D eigenvalue weighted by molar-refractivity contribution is 7.99. The molecule has 4 rings (SSSR count). The number of fused-ring (bicyclic) bond motifs is 1. The van der Waals surface area contributed by atoms with Crippen molar-refractivity contribution in [3.8, 4) is 23.0 Å². The van der Waals surface area contributed by atoms with Crippen LogP contribution in [-0.4, -0.2) is 78.5 Å². The first-order valence-corrected chi connectivity index (χ1v) is 13.6. The van der Waals surface area contributed by atoms with E-state index in [0.717, 1.165) is 16.1 Å². The van der Waals surface area contributed by atoms with Crippen LogP contribution in [-0.2, 0) is 9.53 Å². The minimum absolute atomic E-state index is 0.169. The van der Waals surface area contributed by atoms with Gasteiger partial charge in [-0.2, -0.15) is 0 Å². The van der Waals surface area contributed by atoms with Crippen molar-refractivity contribution >= 4 is 29.3 Å². The lowest BCUT2D eigenvalue weighted by Gasteiger charge is -2.29.